The van der Waals surface area contributed by atoms with Crippen molar-refractivity contribution >= 4 is 23.3 Å². The number of aliphatic carboxylic acids is 1. The summed E-state index contributed by atoms with van der Waals surface area (Å²) in [5, 5.41) is 14.6. The molecule has 0 radical (unpaired) electrons. The van der Waals surface area contributed by atoms with Gasteiger partial charge in [0, 0.05) is 47.8 Å². The van der Waals surface area contributed by atoms with Crippen molar-refractivity contribution in [3.63, 3.8) is 0 Å². The molecule has 3 heterocycles. The number of carbonyl (C=O) groups is 1. The van der Waals surface area contributed by atoms with Gasteiger partial charge in [0.25, 0.3) is 0 Å². The van der Waals surface area contributed by atoms with Crippen molar-refractivity contribution in [2.24, 2.45) is 11.8 Å². The molecule has 2 aromatic carbocycles. The van der Waals surface area contributed by atoms with Gasteiger partial charge in [0.05, 0.1) is 12.7 Å². The molecule has 0 bridgehead atoms. The van der Waals surface area contributed by atoms with Gasteiger partial charge in [0.1, 0.15) is 24.0 Å². The summed E-state index contributed by atoms with van der Waals surface area (Å²) in [6.07, 6.45) is 3.95. The zero-order valence-corrected chi connectivity index (χ0v) is 33.5. The number of piperidine rings is 1. The number of aromatic nitrogens is 1. The zero-order chi connectivity index (χ0) is 40.0. The second-order valence-electron chi connectivity index (χ2n) is 17.3. The third-order valence-corrected chi connectivity index (χ3v) is 13.6. The normalized spacial score (nSPS) is 28.1. The van der Waals surface area contributed by atoms with Crippen LogP contribution in [0.15, 0.2) is 48.7 Å². The zero-order valence-electron chi connectivity index (χ0n) is 32.7. The molecule has 9 nitrogen and oxygen atoms in total. The Labute approximate surface area is 337 Å². The minimum atomic E-state index is -4.63. The van der Waals surface area contributed by atoms with Crippen molar-refractivity contribution in [3.8, 4) is 17.2 Å². The third kappa shape index (κ3) is 8.55. The molecule has 3 aliphatic carbocycles. The highest BCUT2D eigenvalue weighted by Crippen LogP contribution is 2.58. The quantitative estimate of drug-likeness (QED) is 0.196. The van der Waals surface area contributed by atoms with Gasteiger partial charge in [-0.2, -0.15) is 0 Å². The number of hydrogen-bond acceptors (Lipinski definition) is 8. The fourth-order valence-electron chi connectivity index (χ4n) is 10.5. The number of carboxylic acid groups (broad SMARTS) is 1. The Bertz CT molecular complexity index is 1930. The topological polar surface area (TPSA) is 102 Å². The molecule has 4 atom stereocenters. The second-order valence-corrected chi connectivity index (χ2v) is 17.7. The Morgan fingerprint density at radius 1 is 1.11 bits per heavy atom. The van der Waals surface area contributed by atoms with Gasteiger partial charge in [0.15, 0.2) is 11.5 Å². The molecule has 5 aliphatic rings. The Hall–Kier alpha value is -3.74. The van der Waals surface area contributed by atoms with Crippen LogP contribution in [0.4, 0.5) is 18.9 Å². The largest absolute Gasteiger partial charge is 0.522 e. The summed E-state index contributed by atoms with van der Waals surface area (Å²) >= 11 is 6.30. The lowest BCUT2D eigenvalue weighted by Crippen LogP contribution is -2.53. The molecule has 3 aromatic rings. The minimum Gasteiger partial charge on any atom is -0.493 e. The highest BCUT2D eigenvalue weighted by atomic mass is 35.5. The number of fused-ring (bicyclic) bond motifs is 4. The van der Waals surface area contributed by atoms with E-state index in [-0.39, 0.29) is 23.4 Å². The number of likely N-dealkylation sites (tertiary alicyclic amines) is 1. The van der Waals surface area contributed by atoms with E-state index in [1.165, 1.54) is 16.7 Å². The molecule has 2 unspecified atom stereocenters. The molecular weight excluding hydrogens is 759 g/mol. The van der Waals surface area contributed by atoms with Gasteiger partial charge < -0.3 is 24.6 Å². The van der Waals surface area contributed by atoms with Crippen LogP contribution < -0.4 is 19.5 Å². The summed E-state index contributed by atoms with van der Waals surface area (Å²) in [5.74, 6) is 2.33. The van der Waals surface area contributed by atoms with E-state index in [4.69, 9.17) is 25.8 Å². The lowest BCUT2D eigenvalue weighted by molar-refractivity contribution is -0.345. The number of pyridine rings is 1. The Morgan fingerprint density at radius 3 is 2.63 bits per heavy atom. The molecule has 13 heteroatoms. The van der Waals surface area contributed by atoms with Gasteiger partial charge >= 0.3 is 12.3 Å². The van der Waals surface area contributed by atoms with E-state index >= 15 is 0 Å². The van der Waals surface area contributed by atoms with Gasteiger partial charge in [-0.25, -0.2) is 4.79 Å². The van der Waals surface area contributed by atoms with Crippen LogP contribution in [-0.4, -0.2) is 77.9 Å². The number of aryl methyl sites for hydroxylation is 1. The Balaban J connectivity index is 1.01. The van der Waals surface area contributed by atoms with Crippen LogP contribution >= 0.6 is 11.6 Å². The average Bonchev–Trinajstić information content (AvgIpc) is 3.44. The van der Waals surface area contributed by atoms with Crippen molar-refractivity contribution < 1.29 is 42.0 Å². The van der Waals surface area contributed by atoms with E-state index < -0.39 is 24.0 Å². The summed E-state index contributed by atoms with van der Waals surface area (Å²) in [6, 6.07) is 13.5. The summed E-state index contributed by atoms with van der Waals surface area (Å²) < 4.78 is 62.1. The van der Waals surface area contributed by atoms with Crippen molar-refractivity contribution in [2.45, 2.75) is 120 Å². The predicted octanol–water partition coefficient (Wildman–Crippen LogP) is 9.34. The van der Waals surface area contributed by atoms with Crippen molar-refractivity contribution in [2.75, 3.05) is 38.2 Å². The number of nitrogens with zero attached hydrogens (tertiary/aromatic N) is 2. The molecule has 1 saturated heterocycles. The first-order valence-electron chi connectivity index (χ1n) is 20.6. The lowest BCUT2D eigenvalue weighted by atomic mass is 9.59. The molecular formula is C44H53ClF3N3O6. The Kier molecular flexibility index (Phi) is 11.3. The van der Waals surface area contributed by atoms with Gasteiger partial charge in [-0.3, -0.25) is 14.6 Å². The maximum Gasteiger partial charge on any atom is 0.522 e. The third-order valence-electron chi connectivity index (χ3n) is 13.4. The number of anilines is 1. The van der Waals surface area contributed by atoms with E-state index in [2.05, 4.69) is 45.9 Å². The maximum atomic E-state index is 13.1. The van der Waals surface area contributed by atoms with Crippen molar-refractivity contribution in [3.05, 3.63) is 76.1 Å². The second kappa shape index (κ2) is 16.1. The molecule has 1 aromatic heterocycles. The molecule has 308 valence electrons. The van der Waals surface area contributed by atoms with E-state index in [0.717, 1.165) is 43.5 Å². The fourth-order valence-corrected chi connectivity index (χ4v) is 10.7. The monoisotopic (exact) mass is 811 g/mol. The highest BCUT2D eigenvalue weighted by molar-refractivity contribution is 6.30. The van der Waals surface area contributed by atoms with Crippen LogP contribution in [0, 0.1) is 11.8 Å². The molecule has 1 saturated carbocycles. The molecule has 2 fully saturated rings. The summed E-state index contributed by atoms with van der Waals surface area (Å²) in [4.78, 5) is 19.9. The van der Waals surface area contributed by atoms with Gasteiger partial charge in [-0.15, -0.1) is 13.2 Å². The number of nitrogens with one attached hydrogen (secondary N) is 1. The Morgan fingerprint density at radius 2 is 1.89 bits per heavy atom. The van der Waals surface area contributed by atoms with Gasteiger partial charge in [-0.1, -0.05) is 31.5 Å². The first kappa shape index (κ1) is 40.1. The minimum absolute atomic E-state index is 0.233. The molecule has 0 amide bonds. The van der Waals surface area contributed by atoms with Crippen molar-refractivity contribution in [1.82, 2.24) is 9.88 Å². The summed E-state index contributed by atoms with van der Waals surface area (Å²) in [5.41, 5.74) is 4.06. The van der Waals surface area contributed by atoms with E-state index in [1.54, 1.807) is 12.1 Å². The van der Waals surface area contributed by atoms with Crippen LogP contribution in [0.1, 0.15) is 99.9 Å². The smallest absolute Gasteiger partial charge is 0.493 e. The number of halogens is 4. The average molecular weight is 812 g/mol. The number of ether oxygens (including phenoxy) is 4. The van der Waals surface area contributed by atoms with Crippen LogP contribution in [0.5, 0.6) is 17.2 Å². The molecule has 57 heavy (non-hydrogen) atoms. The van der Waals surface area contributed by atoms with Gasteiger partial charge in [-0.05, 0) is 141 Å². The maximum absolute atomic E-state index is 13.1. The van der Waals surface area contributed by atoms with Crippen LogP contribution in [0.3, 0.4) is 0 Å². The lowest BCUT2D eigenvalue weighted by Gasteiger charge is -2.47. The number of carboxylic acids is 1. The van der Waals surface area contributed by atoms with E-state index in [0.29, 0.717) is 99.5 Å². The first-order valence-corrected chi connectivity index (χ1v) is 21.0. The van der Waals surface area contributed by atoms with E-state index in [1.807, 2.05) is 24.4 Å². The number of benzene rings is 2. The molecule has 2 aliphatic heterocycles. The van der Waals surface area contributed by atoms with Crippen molar-refractivity contribution in [1.29, 1.82) is 0 Å². The first-order chi connectivity index (χ1) is 27.3. The highest BCUT2D eigenvalue weighted by Gasteiger charge is 2.54. The molecule has 8 rings (SSSR count). The van der Waals surface area contributed by atoms with Gasteiger partial charge in [0.2, 0.25) is 0 Å². The molecule has 1 spiro atoms. The number of rotatable bonds is 11. The predicted molar refractivity (Wildman–Crippen MR) is 211 cm³/mol. The van der Waals surface area contributed by atoms with Crippen LogP contribution in [-0.2, 0) is 27.8 Å². The summed E-state index contributed by atoms with van der Waals surface area (Å²) in [7, 11) is 0. The number of alkyl halides is 3. The van der Waals surface area contributed by atoms with Crippen LogP contribution in [0.25, 0.3) is 0 Å². The summed E-state index contributed by atoms with van der Waals surface area (Å²) in [6.45, 7) is 6.94. The fraction of sp³-hybridized carbons (Fsp3) is 0.591. The van der Waals surface area contributed by atoms with Crippen LogP contribution in [0.2, 0.25) is 5.02 Å². The standard InChI is InChI=1S/C44H53ClF3N3O6/c1-27(25-54-37-9-16-49-36-8-3-5-28(2)40(36)37)19-30-20-29-21-38-39(56-34(26-55-38)24-51-17-10-33(11-18-51)57-44(46,47)48)23-35(29)42(30)12-14-43(15-13-42,41(52)53)50-32-7-4-6-31(45)22-32/h4,6-7,9,16,21-23,27-28,30,33-34,50H,3,5,8,10-15,17-20,24-26H2,1-2H3,(H,52,53)/t27-,28-,30?,34?,42?,43?/m1/s1. The van der Waals surface area contributed by atoms with E-state index in [9.17, 15) is 23.1 Å². The number of hydrogen-bond donors (Lipinski definition) is 2. The SMILES string of the molecule is C[C@@H](COc1ccnc2c1[C@H](C)CCC2)CC1Cc2cc3c(cc2C12CCC(Nc1cccc(Cl)c1)(C(=O)O)CC2)OC(CN1CCC(OC(F)(F)F)CC1)CO3. The molecule has 2 N–H and O–H groups in total.